The summed E-state index contributed by atoms with van der Waals surface area (Å²) in [6.07, 6.45) is 4.76. The van der Waals surface area contributed by atoms with E-state index >= 15 is 0 Å². The lowest BCUT2D eigenvalue weighted by molar-refractivity contribution is -0.135. The van der Waals surface area contributed by atoms with Gasteiger partial charge < -0.3 is 10.4 Å². The molecule has 3 amide bonds. The van der Waals surface area contributed by atoms with Crippen LogP contribution >= 0.6 is 0 Å². The van der Waals surface area contributed by atoms with E-state index in [9.17, 15) is 14.7 Å². The monoisotopic (exact) mass is 316 g/mol. The number of carbonyl (C=O) groups is 2. The summed E-state index contributed by atoms with van der Waals surface area (Å²) in [5.74, 6) is -0.254. The van der Waals surface area contributed by atoms with Crippen LogP contribution in [0.3, 0.4) is 0 Å². The molecule has 1 saturated heterocycles. The highest BCUT2D eigenvalue weighted by Gasteiger charge is 2.52. The van der Waals surface area contributed by atoms with Crippen LogP contribution in [0.4, 0.5) is 4.79 Å². The quantitative estimate of drug-likeness (QED) is 0.839. The van der Waals surface area contributed by atoms with Crippen molar-refractivity contribution < 1.29 is 14.7 Å². The fourth-order valence-electron chi connectivity index (χ4n) is 3.79. The summed E-state index contributed by atoms with van der Waals surface area (Å²) >= 11 is 0. The average molecular weight is 316 g/mol. The topological polar surface area (TPSA) is 69.6 Å². The normalized spacial score (nSPS) is 27.1. The van der Waals surface area contributed by atoms with Crippen molar-refractivity contribution in [3.63, 3.8) is 0 Å². The van der Waals surface area contributed by atoms with Gasteiger partial charge in [0.1, 0.15) is 5.54 Å². The van der Waals surface area contributed by atoms with E-state index in [4.69, 9.17) is 0 Å². The average Bonchev–Trinajstić information content (AvgIpc) is 2.81. The van der Waals surface area contributed by atoms with Crippen molar-refractivity contribution in [1.82, 2.24) is 10.2 Å². The third-order valence-electron chi connectivity index (χ3n) is 5.21. The number of benzene rings is 1. The standard InChI is InChI=1S/C18H24N2O3/c1-2-18(14-9-5-3-6-10-14)15(21)20(16(22)19-18)13-17(23)11-7-4-8-12-17/h3,5-6,9-10,23H,2,4,7-8,11-13H2,1H3,(H,19,22). The van der Waals surface area contributed by atoms with Crippen LogP contribution in [0.2, 0.25) is 0 Å². The van der Waals surface area contributed by atoms with Crippen molar-refractivity contribution in [3.8, 4) is 0 Å². The lowest BCUT2D eigenvalue weighted by atomic mass is 9.83. The van der Waals surface area contributed by atoms with Crippen LogP contribution in [0, 0.1) is 0 Å². The minimum Gasteiger partial charge on any atom is -0.388 e. The van der Waals surface area contributed by atoms with Crippen LogP contribution in [0.5, 0.6) is 0 Å². The molecule has 1 aliphatic heterocycles. The maximum atomic E-state index is 13.0. The number of imide groups is 1. The second-order valence-electron chi connectivity index (χ2n) is 6.73. The van der Waals surface area contributed by atoms with Gasteiger partial charge >= 0.3 is 6.03 Å². The van der Waals surface area contributed by atoms with E-state index in [2.05, 4.69) is 5.32 Å². The van der Waals surface area contributed by atoms with Crippen molar-refractivity contribution in [2.45, 2.75) is 56.6 Å². The number of β-amino-alcohol motifs (C(OH)–C–C–N with tert-alkyl or cyclic N) is 1. The van der Waals surface area contributed by atoms with E-state index in [1.807, 2.05) is 37.3 Å². The molecule has 2 N–H and O–H groups in total. The highest BCUT2D eigenvalue weighted by atomic mass is 16.3. The molecule has 0 aromatic heterocycles. The van der Waals surface area contributed by atoms with Gasteiger partial charge in [-0.05, 0) is 24.8 Å². The second-order valence-corrected chi connectivity index (χ2v) is 6.73. The summed E-state index contributed by atoms with van der Waals surface area (Å²) in [5.41, 5.74) is -1.16. The molecule has 5 nitrogen and oxygen atoms in total. The lowest BCUT2D eigenvalue weighted by Gasteiger charge is -2.34. The van der Waals surface area contributed by atoms with Crippen LogP contribution in [0.15, 0.2) is 30.3 Å². The number of urea groups is 1. The first-order chi connectivity index (χ1) is 11.0. The summed E-state index contributed by atoms with van der Waals surface area (Å²) in [7, 11) is 0. The van der Waals surface area contributed by atoms with Crippen molar-refractivity contribution in [1.29, 1.82) is 0 Å². The Labute approximate surface area is 136 Å². The fourth-order valence-corrected chi connectivity index (χ4v) is 3.79. The predicted molar refractivity (Wildman–Crippen MR) is 86.7 cm³/mol. The zero-order valence-electron chi connectivity index (χ0n) is 13.5. The van der Waals surface area contributed by atoms with Gasteiger partial charge in [0, 0.05) is 0 Å². The molecule has 0 spiro atoms. The van der Waals surface area contributed by atoms with Crippen molar-refractivity contribution >= 4 is 11.9 Å². The second kappa shape index (κ2) is 5.96. The first-order valence-corrected chi connectivity index (χ1v) is 8.43. The van der Waals surface area contributed by atoms with E-state index < -0.39 is 17.2 Å². The summed E-state index contributed by atoms with van der Waals surface area (Å²) < 4.78 is 0. The molecule has 124 valence electrons. The van der Waals surface area contributed by atoms with Crippen LogP contribution < -0.4 is 5.32 Å². The maximum absolute atomic E-state index is 13.0. The molecule has 1 saturated carbocycles. The number of aliphatic hydroxyl groups is 1. The van der Waals surface area contributed by atoms with Crippen molar-refractivity contribution in [2.75, 3.05) is 6.54 Å². The predicted octanol–water partition coefficient (Wildman–Crippen LogP) is 2.54. The Kier molecular flexibility index (Phi) is 4.15. The summed E-state index contributed by atoms with van der Waals surface area (Å²) in [5, 5.41) is 13.6. The van der Waals surface area contributed by atoms with Crippen LogP contribution in [-0.4, -0.2) is 34.1 Å². The molecule has 2 aliphatic rings. The maximum Gasteiger partial charge on any atom is 0.325 e. The van der Waals surface area contributed by atoms with Crippen LogP contribution in [0.25, 0.3) is 0 Å². The molecule has 3 rings (SSSR count). The zero-order valence-corrected chi connectivity index (χ0v) is 13.5. The molecule has 1 unspecified atom stereocenters. The van der Waals surface area contributed by atoms with E-state index in [0.717, 1.165) is 24.8 Å². The smallest absolute Gasteiger partial charge is 0.325 e. The number of rotatable bonds is 4. The third-order valence-corrected chi connectivity index (χ3v) is 5.21. The van der Waals surface area contributed by atoms with E-state index in [1.54, 1.807) is 0 Å². The molecule has 5 heteroatoms. The molecule has 1 heterocycles. The number of carbonyl (C=O) groups excluding carboxylic acids is 2. The lowest BCUT2D eigenvalue weighted by Crippen LogP contribution is -2.48. The SMILES string of the molecule is CCC1(c2ccccc2)NC(=O)N(CC2(O)CCCCC2)C1=O. The van der Waals surface area contributed by atoms with Gasteiger partial charge in [-0.3, -0.25) is 9.69 Å². The zero-order chi connectivity index (χ0) is 16.5. The number of nitrogens with zero attached hydrogens (tertiary/aromatic N) is 1. The van der Waals surface area contributed by atoms with Gasteiger partial charge in [-0.2, -0.15) is 0 Å². The van der Waals surface area contributed by atoms with Crippen LogP contribution in [-0.2, 0) is 10.3 Å². The van der Waals surface area contributed by atoms with Gasteiger partial charge in [0.25, 0.3) is 5.91 Å². The Morgan fingerprint density at radius 2 is 1.78 bits per heavy atom. The highest BCUT2D eigenvalue weighted by molar-refractivity contribution is 6.07. The summed E-state index contributed by atoms with van der Waals surface area (Å²) in [4.78, 5) is 26.7. The van der Waals surface area contributed by atoms with Gasteiger partial charge in [-0.25, -0.2) is 4.79 Å². The Balaban J connectivity index is 1.87. The Hall–Kier alpha value is -1.88. The summed E-state index contributed by atoms with van der Waals surface area (Å²) in [6, 6.07) is 8.93. The van der Waals surface area contributed by atoms with Crippen molar-refractivity contribution in [2.24, 2.45) is 0 Å². The molecule has 1 aromatic carbocycles. The molecular weight excluding hydrogens is 292 g/mol. The van der Waals surface area contributed by atoms with E-state index in [1.165, 1.54) is 4.90 Å². The fraction of sp³-hybridized carbons (Fsp3) is 0.556. The molecule has 1 atom stereocenters. The van der Waals surface area contributed by atoms with Gasteiger partial charge in [0.15, 0.2) is 0 Å². The summed E-state index contributed by atoms with van der Waals surface area (Å²) in [6.45, 7) is 1.98. The Morgan fingerprint density at radius 3 is 2.39 bits per heavy atom. The van der Waals surface area contributed by atoms with Gasteiger partial charge in [0.05, 0.1) is 12.1 Å². The van der Waals surface area contributed by atoms with Gasteiger partial charge in [0.2, 0.25) is 0 Å². The molecule has 2 fully saturated rings. The molecule has 1 aliphatic carbocycles. The highest BCUT2D eigenvalue weighted by Crippen LogP contribution is 2.35. The minimum atomic E-state index is -1.01. The largest absolute Gasteiger partial charge is 0.388 e. The molecule has 0 radical (unpaired) electrons. The van der Waals surface area contributed by atoms with Crippen LogP contribution in [0.1, 0.15) is 51.0 Å². The molecule has 23 heavy (non-hydrogen) atoms. The van der Waals surface area contributed by atoms with Gasteiger partial charge in [-0.15, -0.1) is 0 Å². The first kappa shape index (κ1) is 16.0. The molecule has 0 bridgehead atoms. The van der Waals surface area contributed by atoms with E-state index in [0.29, 0.717) is 19.3 Å². The van der Waals surface area contributed by atoms with E-state index in [-0.39, 0.29) is 12.5 Å². The third kappa shape index (κ3) is 2.74. The number of hydrogen-bond donors (Lipinski definition) is 2. The first-order valence-electron chi connectivity index (χ1n) is 8.43. The minimum absolute atomic E-state index is 0.0895. The number of amides is 3. The Bertz CT molecular complexity index is 596. The Morgan fingerprint density at radius 1 is 1.13 bits per heavy atom. The molecule has 1 aromatic rings. The van der Waals surface area contributed by atoms with Crippen molar-refractivity contribution in [3.05, 3.63) is 35.9 Å². The van der Waals surface area contributed by atoms with Gasteiger partial charge in [-0.1, -0.05) is 56.5 Å². The molecular formula is C18H24N2O3. The number of nitrogens with one attached hydrogen (secondary N) is 1. The number of hydrogen-bond acceptors (Lipinski definition) is 3.